The average molecular weight is 255 g/mol. The van der Waals surface area contributed by atoms with Crippen molar-refractivity contribution in [3.63, 3.8) is 0 Å². The molecule has 0 aliphatic rings. The molecule has 0 aliphatic heterocycles. The van der Waals surface area contributed by atoms with Gasteiger partial charge in [0.05, 0.1) is 0 Å². The van der Waals surface area contributed by atoms with E-state index in [0.717, 1.165) is 17.1 Å². The molecular weight excluding hydrogens is 242 g/mol. The summed E-state index contributed by atoms with van der Waals surface area (Å²) in [4.78, 5) is 0. The van der Waals surface area contributed by atoms with E-state index in [4.69, 9.17) is 11.6 Å². The molecule has 88 valence electrons. The van der Waals surface area contributed by atoms with Gasteiger partial charge in [0, 0.05) is 28.1 Å². The number of halogens is 1. The maximum absolute atomic E-state index is 6.08. The number of rotatable bonds is 2. The lowest BCUT2D eigenvalue weighted by molar-refractivity contribution is -0.662. The van der Waals surface area contributed by atoms with Crippen LogP contribution in [0.15, 0.2) is 66.9 Å². The Kier molecular flexibility index (Phi) is 2.99. The van der Waals surface area contributed by atoms with E-state index in [1.807, 2.05) is 18.2 Å². The van der Waals surface area contributed by atoms with Crippen LogP contribution in [0.3, 0.4) is 0 Å². The second kappa shape index (κ2) is 4.79. The molecule has 0 aliphatic carbocycles. The first-order valence-electron chi connectivity index (χ1n) is 5.94. The Hall–Kier alpha value is -1.86. The normalized spacial score (nSPS) is 10.7. The smallest absolute Gasteiger partial charge is 0.194 e. The fraction of sp³-hybridized carbons (Fsp3) is 0.0625. The van der Waals surface area contributed by atoms with Crippen LogP contribution in [-0.2, 0) is 6.54 Å². The molecule has 0 N–H and O–H groups in total. The van der Waals surface area contributed by atoms with Gasteiger partial charge in [-0.25, -0.2) is 0 Å². The molecule has 0 atom stereocenters. The molecule has 2 heteroatoms. The van der Waals surface area contributed by atoms with Gasteiger partial charge in [-0.05, 0) is 18.2 Å². The summed E-state index contributed by atoms with van der Waals surface area (Å²) in [5, 5.41) is 1.98. The van der Waals surface area contributed by atoms with Crippen molar-refractivity contribution < 1.29 is 4.57 Å². The van der Waals surface area contributed by atoms with E-state index in [-0.39, 0.29) is 0 Å². The van der Waals surface area contributed by atoms with Crippen LogP contribution in [0.25, 0.3) is 10.9 Å². The predicted octanol–water partition coefficient (Wildman–Crippen LogP) is 3.83. The van der Waals surface area contributed by atoms with Crippen LogP contribution < -0.4 is 4.57 Å². The van der Waals surface area contributed by atoms with E-state index >= 15 is 0 Å². The summed E-state index contributed by atoms with van der Waals surface area (Å²) in [5.41, 5.74) is 2.45. The lowest BCUT2D eigenvalue weighted by atomic mass is 10.2. The summed E-state index contributed by atoms with van der Waals surface area (Å²) in [6.07, 6.45) is 2.09. The van der Waals surface area contributed by atoms with E-state index in [0.29, 0.717) is 0 Å². The molecule has 0 radical (unpaired) electrons. The summed E-state index contributed by atoms with van der Waals surface area (Å²) in [7, 11) is 0. The molecule has 18 heavy (non-hydrogen) atoms. The van der Waals surface area contributed by atoms with Crippen molar-refractivity contribution in [2.45, 2.75) is 6.54 Å². The third-order valence-electron chi connectivity index (χ3n) is 3.04. The van der Waals surface area contributed by atoms with Gasteiger partial charge in [0.2, 0.25) is 5.52 Å². The fourth-order valence-electron chi connectivity index (χ4n) is 2.16. The van der Waals surface area contributed by atoms with Gasteiger partial charge in [0.1, 0.15) is 0 Å². The second-order valence-corrected chi connectivity index (χ2v) is 4.76. The molecule has 1 heterocycles. The highest BCUT2D eigenvalue weighted by Gasteiger charge is 2.09. The van der Waals surface area contributed by atoms with Gasteiger partial charge in [-0.15, -0.1) is 0 Å². The van der Waals surface area contributed by atoms with E-state index in [9.17, 15) is 0 Å². The van der Waals surface area contributed by atoms with Crippen molar-refractivity contribution >= 4 is 22.5 Å². The van der Waals surface area contributed by atoms with E-state index < -0.39 is 0 Å². The maximum atomic E-state index is 6.08. The van der Waals surface area contributed by atoms with Crippen molar-refractivity contribution in [2.75, 3.05) is 0 Å². The Bertz CT molecular complexity index is 677. The highest BCUT2D eigenvalue weighted by Crippen LogP contribution is 2.16. The summed E-state index contributed by atoms with van der Waals surface area (Å²) in [6.45, 7) is 0.860. The number of hydrogen-bond acceptors (Lipinski definition) is 0. The van der Waals surface area contributed by atoms with E-state index in [2.05, 4.69) is 53.2 Å². The maximum Gasteiger partial charge on any atom is 0.214 e. The van der Waals surface area contributed by atoms with Crippen LogP contribution in [0, 0.1) is 0 Å². The third kappa shape index (κ3) is 2.22. The number of fused-ring (bicyclic) bond motifs is 1. The van der Waals surface area contributed by atoms with Crippen LogP contribution in [-0.4, -0.2) is 0 Å². The Morgan fingerprint density at radius 2 is 1.72 bits per heavy atom. The van der Waals surface area contributed by atoms with Gasteiger partial charge in [0.15, 0.2) is 12.7 Å². The Morgan fingerprint density at radius 1 is 0.889 bits per heavy atom. The molecule has 0 fully saturated rings. The van der Waals surface area contributed by atoms with Crippen LogP contribution in [0.1, 0.15) is 5.56 Å². The zero-order valence-electron chi connectivity index (χ0n) is 9.88. The SMILES string of the molecule is Clc1ccc2ccc[n+](Cc3ccccc3)c2c1. The Morgan fingerprint density at radius 3 is 2.56 bits per heavy atom. The quantitative estimate of drug-likeness (QED) is 0.612. The van der Waals surface area contributed by atoms with Crippen molar-refractivity contribution in [1.29, 1.82) is 0 Å². The molecule has 0 spiro atoms. The standard InChI is InChI=1S/C16H13ClN/c17-15-9-8-14-7-4-10-18(16(14)11-15)12-13-5-2-1-3-6-13/h1-11H,12H2/q+1. The molecular formula is C16H13ClN+. The summed E-state index contributed by atoms with van der Waals surface area (Å²) < 4.78 is 2.22. The molecule has 0 unspecified atom stereocenters. The minimum Gasteiger partial charge on any atom is -0.194 e. The molecule has 1 nitrogen and oxygen atoms in total. The first-order valence-corrected chi connectivity index (χ1v) is 6.32. The van der Waals surface area contributed by atoms with Crippen LogP contribution in [0.2, 0.25) is 5.02 Å². The summed E-state index contributed by atoms with van der Waals surface area (Å²) in [6, 6.07) is 20.6. The zero-order chi connectivity index (χ0) is 12.4. The number of nitrogens with zero attached hydrogens (tertiary/aromatic N) is 1. The van der Waals surface area contributed by atoms with Gasteiger partial charge in [-0.2, -0.15) is 4.57 Å². The molecule has 1 aromatic heterocycles. The van der Waals surface area contributed by atoms with Gasteiger partial charge < -0.3 is 0 Å². The topological polar surface area (TPSA) is 3.88 Å². The first kappa shape index (κ1) is 11.2. The molecule has 0 amide bonds. The highest BCUT2D eigenvalue weighted by molar-refractivity contribution is 6.31. The van der Waals surface area contributed by atoms with Crippen molar-refractivity contribution in [2.24, 2.45) is 0 Å². The number of hydrogen-bond donors (Lipinski definition) is 0. The van der Waals surface area contributed by atoms with Crippen LogP contribution in [0.4, 0.5) is 0 Å². The predicted molar refractivity (Wildman–Crippen MR) is 74.7 cm³/mol. The minimum atomic E-state index is 0.774. The molecule has 0 saturated carbocycles. The van der Waals surface area contributed by atoms with Gasteiger partial charge in [-0.3, -0.25) is 0 Å². The lowest BCUT2D eigenvalue weighted by Crippen LogP contribution is -2.34. The summed E-state index contributed by atoms with van der Waals surface area (Å²) in [5.74, 6) is 0. The van der Waals surface area contributed by atoms with E-state index in [1.165, 1.54) is 10.9 Å². The van der Waals surface area contributed by atoms with E-state index in [1.54, 1.807) is 0 Å². The number of aromatic nitrogens is 1. The minimum absolute atomic E-state index is 0.774. The molecule has 3 rings (SSSR count). The fourth-order valence-corrected chi connectivity index (χ4v) is 2.32. The first-order chi connectivity index (χ1) is 8.83. The highest BCUT2D eigenvalue weighted by atomic mass is 35.5. The Balaban J connectivity index is 2.09. The number of pyridine rings is 1. The monoisotopic (exact) mass is 254 g/mol. The molecule has 3 aromatic rings. The van der Waals surface area contributed by atoms with Crippen LogP contribution >= 0.6 is 11.6 Å². The van der Waals surface area contributed by atoms with Gasteiger partial charge in [0.25, 0.3) is 0 Å². The van der Waals surface area contributed by atoms with Gasteiger partial charge >= 0.3 is 0 Å². The lowest BCUT2D eigenvalue weighted by Gasteiger charge is -2.02. The molecule has 0 saturated heterocycles. The van der Waals surface area contributed by atoms with Crippen molar-refractivity contribution in [1.82, 2.24) is 0 Å². The second-order valence-electron chi connectivity index (χ2n) is 4.32. The molecule has 2 aromatic carbocycles. The van der Waals surface area contributed by atoms with Crippen molar-refractivity contribution in [3.05, 3.63) is 77.4 Å². The average Bonchev–Trinajstić information content (AvgIpc) is 2.41. The molecule has 0 bridgehead atoms. The summed E-state index contributed by atoms with van der Waals surface area (Å²) >= 11 is 6.08. The van der Waals surface area contributed by atoms with Crippen molar-refractivity contribution in [3.8, 4) is 0 Å². The largest absolute Gasteiger partial charge is 0.214 e. The van der Waals surface area contributed by atoms with Gasteiger partial charge in [-0.1, -0.05) is 41.9 Å². The Labute approximate surface area is 111 Å². The third-order valence-corrected chi connectivity index (χ3v) is 3.27. The number of benzene rings is 2. The zero-order valence-corrected chi connectivity index (χ0v) is 10.6. The van der Waals surface area contributed by atoms with Crippen LogP contribution in [0.5, 0.6) is 0 Å².